The van der Waals surface area contributed by atoms with E-state index in [1.807, 2.05) is 18.3 Å². The van der Waals surface area contributed by atoms with Crippen molar-refractivity contribution in [2.24, 2.45) is 5.92 Å². The minimum absolute atomic E-state index is 0.914. The van der Waals surface area contributed by atoms with Gasteiger partial charge < -0.3 is 5.32 Å². The predicted octanol–water partition coefficient (Wildman–Crippen LogP) is 2.36. The van der Waals surface area contributed by atoms with Crippen LogP contribution in [0.4, 0.5) is 0 Å². The molecular weight excluding hydrogens is 172 g/mol. The number of pyridine rings is 1. The lowest BCUT2D eigenvalue weighted by atomic mass is 10.1. The molecule has 1 heterocycles. The Kier molecular flexibility index (Phi) is 3.52. The van der Waals surface area contributed by atoms with Crippen molar-refractivity contribution in [2.75, 3.05) is 6.54 Å². The number of aromatic nitrogens is 1. The van der Waals surface area contributed by atoms with E-state index in [0.29, 0.717) is 0 Å². The summed E-state index contributed by atoms with van der Waals surface area (Å²) in [7, 11) is 0. The van der Waals surface area contributed by atoms with Gasteiger partial charge in [0.25, 0.3) is 0 Å². The molecule has 1 aromatic rings. The fourth-order valence-electron chi connectivity index (χ4n) is 2.12. The van der Waals surface area contributed by atoms with Crippen LogP contribution in [-0.2, 0) is 6.54 Å². The van der Waals surface area contributed by atoms with Gasteiger partial charge in [0.1, 0.15) is 0 Å². The molecule has 0 bridgehead atoms. The van der Waals surface area contributed by atoms with Crippen molar-refractivity contribution in [1.82, 2.24) is 10.3 Å². The third-order valence-electron chi connectivity index (χ3n) is 2.94. The highest BCUT2D eigenvalue weighted by atomic mass is 14.9. The SMILES string of the molecule is c1ccc(CNCC2CCCC2)nc1. The van der Waals surface area contributed by atoms with E-state index < -0.39 is 0 Å². The van der Waals surface area contributed by atoms with Crippen molar-refractivity contribution in [3.8, 4) is 0 Å². The molecule has 0 amide bonds. The molecule has 1 N–H and O–H groups in total. The Hall–Kier alpha value is -0.890. The van der Waals surface area contributed by atoms with E-state index in [1.165, 1.54) is 25.7 Å². The molecule has 1 saturated carbocycles. The number of hydrogen-bond acceptors (Lipinski definition) is 2. The van der Waals surface area contributed by atoms with Crippen LogP contribution in [0.3, 0.4) is 0 Å². The summed E-state index contributed by atoms with van der Waals surface area (Å²) in [5, 5.41) is 3.48. The topological polar surface area (TPSA) is 24.9 Å². The Bertz CT molecular complexity index is 252. The number of nitrogens with zero attached hydrogens (tertiary/aromatic N) is 1. The van der Waals surface area contributed by atoms with Crippen LogP contribution in [0.2, 0.25) is 0 Å². The minimum Gasteiger partial charge on any atom is -0.311 e. The summed E-state index contributed by atoms with van der Waals surface area (Å²) in [6, 6.07) is 6.07. The average Bonchev–Trinajstić information content (AvgIpc) is 2.72. The summed E-state index contributed by atoms with van der Waals surface area (Å²) >= 11 is 0. The molecule has 0 saturated heterocycles. The van der Waals surface area contributed by atoms with Gasteiger partial charge in [-0.05, 0) is 37.4 Å². The molecule has 0 unspecified atom stereocenters. The number of hydrogen-bond donors (Lipinski definition) is 1. The van der Waals surface area contributed by atoms with E-state index in [0.717, 1.165) is 24.7 Å². The Morgan fingerprint density at radius 1 is 1.29 bits per heavy atom. The Labute approximate surface area is 85.7 Å². The van der Waals surface area contributed by atoms with E-state index >= 15 is 0 Å². The van der Waals surface area contributed by atoms with Crippen LogP contribution in [0.25, 0.3) is 0 Å². The third kappa shape index (κ3) is 2.81. The second-order valence-electron chi connectivity index (χ2n) is 4.10. The monoisotopic (exact) mass is 190 g/mol. The van der Waals surface area contributed by atoms with Gasteiger partial charge in [0.2, 0.25) is 0 Å². The van der Waals surface area contributed by atoms with E-state index in [1.54, 1.807) is 0 Å². The maximum atomic E-state index is 4.28. The van der Waals surface area contributed by atoms with Gasteiger partial charge >= 0.3 is 0 Å². The van der Waals surface area contributed by atoms with E-state index in [2.05, 4.69) is 16.4 Å². The summed E-state index contributed by atoms with van der Waals surface area (Å²) in [5.41, 5.74) is 1.14. The first-order valence-electron chi connectivity index (χ1n) is 5.56. The van der Waals surface area contributed by atoms with Crippen molar-refractivity contribution in [2.45, 2.75) is 32.2 Å². The molecule has 1 fully saturated rings. The van der Waals surface area contributed by atoms with Crippen LogP contribution in [0.15, 0.2) is 24.4 Å². The third-order valence-corrected chi connectivity index (χ3v) is 2.94. The molecule has 0 aliphatic heterocycles. The standard InChI is InChI=1S/C12H18N2/c1-2-6-11(5-1)9-13-10-12-7-3-4-8-14-12/h3-4,7-8,11,13H,1-2,5-6,9-10H2. The number of nitrogens with one attached hydrogen (secondary N) is 1. The molecule has 0 radical (unpaired) electrons. The molecule has 0 spiro atoms. The smallest absolute Gasteiger partial charge is 0.0541 e. The Balaban J connectivity index is 1.67. The van der Waals surface area contributed by atoms with E-state index in [4.69, 9.17) is 0 Å². The van der Waals surface area contributed by atoms with Crippen LogP contribution in [0.5, 0.6) is 0 Å². The zero-order chi connectivity index (χ0) is 9.64. The molecule has 2 rings (SSSR count). The number of rotatable bonds is 4. The zero-order valence-electron chi connectivity index (χ0n) is 8.58. The summed E-state index contributed by atoms with van der Waals surface area (Å²) in [5.74, 6) is 0.915. The van der Waals surface area contributed by atoms with Crippen molar-refractivity contribution in [3.63, 3.8) is 0 Å². The molecule has 2 nitrogen and oxygen atoms in total. The van der Waals surface area contributed by atoms with Crippen LogP contribution >= 0.6 is 0 Å². The predicted molar refractivity (Wildman–Crippen MR) is 57.9 cm³/mol. The summed E-state index contributed by atoms with van der Waals surface area (Å²) in [4.78, 5) is 4.28. The van der Waals surface area contributed by atoms with Crippen LogP contribution in [-0.4, -0.2) is 11.5 Å². The first-order chi connectivity index (χ1) is 6.95. The molecule has 1 aliphatic rings. The molecular formula is C12H18N2. The van der Waals surface area contributed by atoms with Crippen LogP contribution in [0.1, 0.15) is 31.4 Å². The molecule has 1 aromatic heterocycles. The maximum Gasteiger partial charge on any atom is 0.0541 e. The average molecular weight is 190 g/mol. The van der Waals surface area contributed by atoms with Crippen molar-refractivity contribution in [1.29, 1.82) is 0 Å². The molecule has 2 heteroatoms. The van der Waals surface area contributed by atoms with Crippen LogP contribution in [0, 0.1) is 5.92 Å². The first-order valence-corrected chi connectivity index (χ1v) is 5.56. The van der Waals surface area contributed by atoms with Gasteiger partial charge in [0.05, 0.1) is 5.69 Å². The van der Waals surface area contributed by atoms with E-state index in [9.17, 15) is 0 Å². The van der Waals surface area contributed by atoms with Gasteiger partial charge in [-0.3, -0.25) is 4.98 Å². The Morgan fingerprint density at radius 2 is 2.14 bits per heavy atom. The van der Waals surface area contributed by atoms with Gasteiger partial charge in [-0.25, -0.2) is 0 Å². The van der Waals surface area contributed by atoms with Gasteiger partial charge in [-0.15, -0.1) is 0 Å². The van der Waals surface area contributed by atoms with Crippen molar-refractivity contribution in [3.05, 3.63) is 30.1 Å². The van der Waals surface area contributed by atoms with Gasteiger partial charge in [-0.1, -0.05) is 18.9 Å². The lowest BCUT2D eigenvalue weighted by Gasteiger charge is -2.09. The second-order valence-corrected chi connectivity index (χ2v) is 4.10. The summed E-state index contributed by atoms with van der Waals surface area (Å²) < 4.78 is 0. The van der Waals surface area contributed by atoms with Gasteiger partial charge in [0, 0.05) is 12.7 Å². The fraction of sp³-hybridized carbons (Fsp3) is 0.583. The van der Waals surface area contributed by atoms with Gasteiger partial charge in [0.15, 0.2) is 0 Å². The quantitative estimate of drug-likeness (QED) is 0.788. The fourth-order valence-corrected chi connectivity index (χ4v) is 2.12. The Morgan fingerprint density at radius 3 is 2.86 bits per heavy atom. The van der Waals surface area contributed by atoms with Crippen molar-refractivity contribution < 1.29 is 0 Å². The normalized spacial score (nSPS) is 17.4. The highest BCUT2D eigenvalue weighted by molar-refractivity contribution is 5.02. The van der Waals surface area contributed by atoms with Gasteiger partial charge in [-0.2, -0.15) is 0 Å². The molecule has 0 atom stereocenters. The first kappa shape index (κ1) is 9.66. The molecule has 1 aliphatic carbocycles. The lowest BCUT2D eigenvalue weighted by Crippen LogP contribution is -2.21. The summed E-state index contributed by atoms with van der Waals surface area (Å²) in [6.45, 7) is 2.08. The lowest BCUT2D eigenvalue weighted by molar-refractivity contribution is 0.487. The second kappa shape index (κ2) is 5.11. The molecule has 14 heavy (non-hydrogen) atoms. The van der Waals surface area contributed by atoms with E-state index in [-0.39, 0.29) is 0 Å². The van der Waals surface area contributed by atoms with Crippen LogP contribution < -0.4 is 5.32 Å². The highest BCUT2D eigenvalue weighted by Gasteiger charge is 2.13. The maximum absolute atomic E-state index is 4.28. The summed E-state index contributed by atoms with van der Waals surface area (Å²) in [6.07, 6.45) is 7.53. The largest absolute Gasteiger partial charge is 0.311 e. The van der Waals surface area contributed by atoms with Crippen molar-refractivity contribution >= 4 is 0 Å². The zero-order valence-corrected chi connectivity index (χ0v) is 8.58. The minimum atomic E-state index is 0.914. The highest BCUT2D eigenvalue weighted by Crippen LogP contribution is 2.23. The molecule has 76 valence electrons. The molecule has 0 aromatic carbocycles.